The number of hydrogen-bond donors (Lipinski definition) is 1. The summed E-state index contributed by atoms with van der Waals surface area (Å²) in [5.41, 5.74) is 0.872. The van der Waals surface area contributed by atoms with Gasteiger partial charge in [-0.05, 0) is 40.3 Å². The third-order valence-electron chi connectivity index (χ3n) is 1.74. The van der Waals surface area contributed by atoms with Crippen LogP contribution in [0, 0.1) is 4.77 Å². The molecule has 3 nitrogen and oxygen atoms in total. The highest BCUT2D eigenvalue weighted by molar-refractivity contribution is 9.10. The molecular weight excluding hydrogens is 286 g/mol. The minimum atomic E-state index is 0.535. The standard InChI is InChI=1S/C8H5BrClN3S/c9-7-5(10)2-1-3-6(7)13-4-11-12-8(13)14/h1-4H,(H,12,14). The molecule has 0 atom stereocenters. The summed E-state index contributed by atoms with van der Waals surface area (Å²) in [6.45, 7) is 0. The average molecular weight is 291 g/mol. The molecule has 0 amide bonds. The normalized spacial score (nSPS) is 10.4. The lowest BCUT2D eigenvalue weighted by Crippen LogP contribution is -1.93. The van der Waals surface area contributed by atoms with Crippen LogP contribution in [0.25, 0.3) is 5.69 Å². The second-order valence-corrected chi connectivity index (χ2v) is 4.19. The van der Waals surface area contributed by atoms with E-state index in [0.717, 1.165) is 10.2 Å². The number of aromatic nitrogens is 3. The number of benzene rings is 1. The van der Waals surface area contributed by atoms with E-state index in [1.54, 1.807) is 17.0 Å². The summed E-state index contributed by atoms with van der Waals surface area (Å²) in [6, 6.07) is 5.57. The second-order valence-electron chi connectivity index (χ2n) is 2.60. The smallest absolute Gasteiger partial charge is 0.199 e. The van der Waals surface area contributed by atoms with E-state index in [2.05, 4.69) is 26.1 Å². The van der Waals surface area contributed by atoms with E-state index in [9.17, 15) is 0 Å². The van der Waals surface area contributed by atoms with Gasteiger partial charge in [-0.15, -0.1) is 0 Å². The molecule has 1 heterocycles. The molecule has 0 bridgehead atoms. The molecule has 14 heavy (non-hydrogen) atoms. The molecule has 0 fully saturated rings. The minimum absolute atomic E-state index is 0.535. The predicted octanol–water partition coefficient (Wildman–Crippen LogP) is 3.35. The zero-order valence-electron chi connectivity index (χ0n) is 6.87. The van der Waals surface area contributed by atoms with Crippen LogP contribution in [0.4, 0.5) is 0 Å². The first kappa shape index (κ1) is 9.89. The average Bonchev–Trinajstić information content (AvgIpc) is 2.57. The number of H-pyrrole nitrogens is 1. The quantitative estimate of drug-likeness (QED) is 0.817. The van der Waals surface area contributed by atoms with Crippen molar-refractivity contribution in [3.8, 4) is 5.69 Å². The van der Waals surface area contributed by atoms with Gasteiger partial charge in [0.05, 0.1) is 15.2 Å². The van der Waals surface area contributed by atoms with E-state index < -0.39 is 0 Å². The van der Waals surface area contributed by atoms with Crippen LogP contribution in [0.5, 0.6) is 0 Å². The van der Waals surface area contributed by atoms with Gasteiger partial charge in [-0.2, -0.15) is 5.10 Å². The van der Waals surface area contributed by atoms with E-state index in [-0.39, 0.29) is 0 Å². The zero-order chi connectivity index (χ0) is 10.1. The summed E-state index contributed by atoms with van der Waals surface area (Å²) in [6.07, 6.45) is 1.61. The third kappa shape index (κ3) is 1.63. The van der Waals surface area contributed by atoms with Crippen molar-refractivity contribution in [3.05, 3.63) is 38.8 Å². The lowest BCUT2D eigenvalue weighted by Gasteiger charge is -2.05. The van der Waals surface area contributed by atoms with Crippen LogP contribution in [-0.4, -0.2) is 14.8 Å². The highest BCUT2D eigenvalue weighted by Gasteiger charge is 2.06. The summed E-state index contributed by atoms with van der Waals surface area (Å²) >= 11 is 14.4. The fourth-order valence-corrected chi connectivity index (χ4v) is 1.92. The van der Waals surface area contributed by atoms with Crippen molar-refractivity contribution in [1.29, 1.82) is 0 Å². The third-order valence-corrected chi connectivity index (χ3v) is 3.41. The number of halogens is 2. The van der Waals surface area contributed by atoms with Crippen molar-refractivity contribution in [2.24, 2.45) is 0 Å². The van der Waals surface area contributed by atoms with Gasteiger partial charge in [0.25, 0.3) is 0 Å². The summed E-state index contributed by atoms with van der Waals surface area (Å²) in [7, 11) is 0. The first-order valence-corrected chi connectivity index (χ1v) is 5.34. The molecule has 0 radical (unpaired) electrons. The van der Waals surface area contributed by atoms with Crippen LogP contribution < -0.4 is 0 Å². The van der Waals surface area contributed by atoms with Crippen molar-refractivity contribution < 1.29 is 0 Å². The summed E-state index contributed by atoms with van der Waals surface area (Å²) in [5.74, 6) is 0. The zero-order valence-corrected chi connectivity index (χ0v) is 10.0. The SMILES string of the molecule is S=c1[nH]ncn1-c1cccc(Cl)c1Br. The topological polar surface area (TPSA) is 33.6 Å². The Bertz CT molecular complexity index is 519. The van der Waals surface area contributed by atoms with Crippen molar-refractivity contribution in [3.63, 3.8) is 0 Å². The van der Waals surface area contributed by atoms with Gasteiger partial charge >= 0.3 is 0 Å². The molecule has 0 saturated carbocycles. The van der Waals surface area contributed by atoms with Crippen LogP contribution in [-0.2, 0) is 0 Å². The largest absolute Gasteiger partial charge is 0.274 e. The highest BCUT2D eigenvalue weighted by atomic mass is 79.9. The molecule has 0 aliphatic heterocycles. The van der Waals surface area contributed by atoms with Crippen LogP contribution >= 0.6 is 39.7 Å². The molecule has 72 valence electrons. The van der Waals surface area contributed by atoms with Gasteiger partial charge in [0.1, 0.15) is 6.33 Å². The van der Waals surface area contributed by atoms with Gasteiger partial charge in [-0.3, -0.25) is 9.67 Å². The van der Waals surface area contributed by atoms with E-state index >= 15 is 0 Å². The van der Waals surface area contributed by atoms with E-state index in [1.165, 1.54) is 0 Å². The summed E-state index contributed by atoms with van der Waals surface area (Å²) in [5, 5.41) is 7.16. The fraction of sp³-hybridized carbons (Fsp3) is 0. The van der Waals surface area contributed by atoms with Crippen molar-refractivity contribution in [1.82, 2.24) is 14.8 Å². The second kappa shape index (κ2) is 3.84. The molecule has 0 aliphatic carbocycles. The van der Waals surface area contributed by atoms with Gasteiger partial charge < -0.3 is 0 Å². The summed E-state index contributed by atoms with van der Waals surface area (Å²) < 4.78 is 3.08. The Morgan fingerprint density at radius 2 is 2.29 bits per heavy atom. The Labute approximate surface area is 98.8 Å². The number of nitrogens with one attached hydrogen (secondary N) is 1. The molecule has 1 aromatic carbocycles. The van der Waals surface area contributed by atoms with Crippen LogP contribution in [0.2, 0.25) is 5.02 Å². The minimum Gasteiger partial charge on any atom is -0.274 e. The summed E-state index contributed by atoms with van der Waals surface area (Å²) in [4.78, 5) is 0. The predicted molar refractivity (Wildman–Crippen MR) is 61.5 cm³/mol. The molecule has 6 heteroatoms. The Hall–Kier alpha value is -0.650. The lowest BCUT2D eigenvalue weighted by atomic mass is 10.3. The van der Waals surface area contributed by atoms with Crippen LogP contribution in [0.3, 0.4) is 0 Å². The van der Waals surface area contributed by atoms with E-state index in [4.69, 9.17) is 23.8 Å². The fourth-order valence-electron chi connectivity index (χ4n) is 1.10. The monoisotopic (exact) mass is 289 g/mol. The van der Waals surface area contributed by atoms with Crippen molar-refractivity contribution >= 4 is 39.7 Å². The van der Waals surface area contributed by atoms with Gasteiger partial charge in [0, 0.05) is 0 Å². The Morgan fingerprint density at radius 1 is 1.50 bits per heavy atom. The first-order chi connectivity index (χ1) is 6.70. The Kier molecular flexibility index (Phi) is 2.71. The number of hydrogen-bond acceptors (Lipinski definition) is 2. The number of rotatable bonds is 1. The molecule has 0 saturated heterocycles. The van der Waals surface area contributed by atoms with Crippen LogP contribution in [0.15, 0.2) is 29.0 Å². The molecule has 0 unspecified atom stereocenters. The maximum absolute atomic E-state index is 5.96. The highest BCUT2D eigenvalue weighted by Crippen LogP contribution is 2.28. The van der Waals surface area contributed by atoms with Gasteiger partial charge in [0.15, 0.2) is 4.77 Å². The van der Waals surface area contributed by atoms with Crippen molar-refractivity contribution in [2.75, 3.05) is 0 Å². The van der Waals surface area contributed by atoms with E-state index in [1.807, 2.05) is 12.1 Å². The Morgan fingerprint density at radius 3 is 2.93 bits per heavy atom. The van der Waals surface area contributed by atoms with Crippen LogP contribution in [0.1, 0.15) is 0 Å². The van der Waals surface area contributed by atoms with Gasteiger partial charge in [-0.25, -0.2) is 0 Å². The number of nitrogens with zero attached hydrogens (tertiary/aromatic N) is 2. The molecule has 0 aliphatic rings. The molecule has 1 N–H and O–H groups in total. The Balaban J connectivity index is 2.69. The molecule has 0 spiro atoms. The molecular formula is C8H5BrClN3S. The molecule has 1 aromatic heterocycles. The molecule has 2 rings (SSSR count). The molecule has 2 aromatic rings. The van der Waals surface area contributed by atoms with E-state index in [0.29, 0.717) is 9.79 Å². The lowest BCUT2D eigenvalue weighted by molar-refractivity contribution is 1.02. The van der Waals surface area contributed by atoms with Gasteiger partial charge in [0.2, 0.25) is 0 Å². The van der Waals surface area contributed by atoms with Crippen molar-refractivity contribution in [2.45, 2.75) is 0 Å². The number of aromatic amines is 1. The van der Waals surface area contributed by atoms with Gasteiger partial charge in [-0.1, -0.05) is 17.7 Å². The maximum Gasteiger partial charge on any atom is 0.199 e. The maximum atomic E-state index is 5.96. The first-order valence-electron chi connectivity index (χ1n) is 3.76.